The zero-order valence-electron chi connectivity index (χ0n) is 9.05. The largest absolute Gasteiger partial charge is 0.353 e. The molecule has 2 rings (SSSR count). The minimum atomic E-state index is 0.919. The van der Waals surface area contributed by atoms with Gasteiger partial charge in [-0.25, -0.2) is 4.98 Å². The SMILES string of the molecule is CN(Cc1nccs1)Cc1cccn1C. The van der Waals surface area contributed by atoms with E-state index in [1.165, 1.54) is 10.7 Å². The normalized spacial score (nSPS) is 11.1. The van der Waals surface area contributed by atoms with Gasteiger partial charge in [-0.05, 0) is 19.2 Å². The number of hydrogen-bond acceptors (Lipinski definition) is 3. The summed E-state index contributed by atoms with van der Waals surface area (Å²) >= 11 is 1.71. The van der Waals surface area contributed by atoms with Crippen molar-refractivity contribution in [2.75, 3.05) is 7.05 Å². The fourth-order valence-electron chi connectivity index (χ4n) is 1.56. The lowest BCUT2D eigenvalue weighted by Gasteiger charge is -2.15. The number of aromatic nitrogens is 2. The number of hydrogen-bond donors (Lipinski definition) is 0. The molecular weight excluding hydrogens is 206 g/mol. The lowest BCUT2D eigenvalue weighted by atomic mass is 10.4. The van der Waals surface area contributed by atoms with Gasteiger partial charge < -0.3 is 4.57 Å². The number of aryl methyl sites for hydroxylation is 1. The van der Waals surface area contributed by atoms with Gasteiger partial charge in [-0.1, -0.05) is 0 Å². The van der Waals surface area contributed by atoms with E-state index in [1.54, 1.807) is 11.3 Å². The molecule has 0 bridgehead atoms. The Bertz CT molecular complexity index is 405. The van der Waals surface area contributed by atoms with Crippen molar-refractivity contribution >= 4 is 11.3 Å². The van der Waals surface area contributed by atoms with Crippen molar-refractivity contribution in [2.24, 2.45) is 7.05 Å². The Labute approximate surface area is 94.0 Å². The first kappa shape index (κ1) is 10.4. The first-order chi connectivity index (χ1) is 7.25. The third kappa shape index (κ3) is 2.67. The van der Waals surface area contributed by atoms with E-state index in [9.17, 15) is 0 Å². The average molecular weight is 221 g/mol. The van der Waals surface area contributed by atoms with E-state index < -0.39 is 0 Å². The molecule has 0 radical (unpaired) electrons. The first-order valence-electron chi connectivity index (χ1n) is 4.93. The average Bonchev–Trinajstić information content (AvgIpc) is 2.79. The third-order valence-electron chi connectivity index (χ3n) is 2.37. The van der Waals surface area contributed by atoms with E-state index in [0.29, 0.717) is 0 Å². The quantitative estimate of drug-likeness (QED) is 0.788. The zero-order chi connectivity index (χ0) is 10.7. The van der Waals surface area contributed by atoms with Crippen molar-refractivity contribution < 1.29 is 0 Å². The number of thiazole rings is 1. The van der Waals surface area contributed by atoms with Crippen LogP contribution in [0.4, 0.5) is 0 Å². The minimum absolute atomic E-state index is 0.919. The lowest BCUT2D eigenvalue weighted by molar-refractivity contribution is 0.311. The van der Waals surface area contributed by atoms with E-state index in [2.05, 4.69) is 46.9 Å². The maximum Gasteiger partial charge on any atom is 0.107 e. The van der Waals surface area contributed by atoms with Crippen molar-refractivity contribution in [1.82, 2.24) is 14.5 Å². The van der Waals surface area contributed by atoms with Gasteiger partial charge in [-0.3, -0.25) is 4.90 Å². The molecule has 0 amide bonds. The molecule has 0 aliphatic heterocycles. The highest BCUT2D eigenvalue weighted by molar-refractivity contribution is 7.09. The molecule has 0 saturated heterocycles. The van der Waals surface area contributed by atoms with Crippen molar-refractivity contribution in [3.05, 3.63) is 40.6 Å². The summed E-state index contributed by atoms with van der Waals surface area (Å²) in [6.45, 7) is 1.88. The standard InChI is InChI=1S/C11H15N3S/c1-13(9-11-12-5-7-15-11)8-10-4-3-6-14(10)2/h3-7H,8-9H2,1-2H3. The van der Waals surface area contributed by atoms with Gasteiger partial charge in [0.05, 0.1) is 6.54 Å². The van der Waals surface area contributed by atoms with E-state index in [4.69, 9.17) is 0 Å². The summed E-state index contributed by atoms with van der Waals surface area (Å²) in [6, 6.07) is 4.23. The van der Waals surface area contributed by atoms with E-state index in [0.717, 1.165) is 13.1 Å². The zero-order valence-corrected chi connectivity index (χ0v) is 9.87. The summed E-state index contributed by atoms with van der Waals surface area (Å²) in [5.74, 6) is 0. The van der Waals surface area contributed by atoms with Crippen LogP contribution in [0.1, 0.15) is 10.7 Å². The van der Waals surface area contributed by atoms with Crippen LogP contribution in [0.5, 0.6) is 0 Å². The molecule has 3 nitrogen and oxygen atoms in total. The van der Waals surface area contributed by atoms with Crippen LogP contribution in [0.15, 0.2) is 29.9 Å². The molecule has 4 heteroatoms. The summed E-state index contributed by atoms with van der Waals surface area (Å²) in [6.07, 6.45) is 3.93. The molecule has 15 heavy (non-hydrogen) atoms. The topological polar surface area (TPSA) is 21.1 Å². The summed E-state index contributed by atoms with van der Waals surface area (Å²) in [7, 11) is 4.20. The molecule has 0 N–H and O–H groups in total. The van der Waals surface area contributed by atoms with E-state index in [-0.39, 0.29) is 0 Å². The molecule has 0 saturated carbocycles. The van der Waals surface area contributed by atoms with Gasteiger partial charge in [0.2, 0.25) is 0 Å². The Morgan fingerprint density at radius 2 is 2.33 bits per heavy atom. The summed E-state index contributed by atoms with van der Waals surface area (Å²) < 4.78 is 2.15. The van der Waals surface area contributed by atoms with Crippen LogP contribution in [-0.2, 0) is 20.1 Å². The molecular formula is C11H15N3S. The summed E-state index contributed by atoms with van der Waals surface area (Å²) in [5.41, 5.74) is 1.33. The first-order valence-corrected chi connectivity index (χ1v) is 5.81. The molecule has 0 atom stereocenters. The Balaban J connectivity index is 1.93. The maximum atomic E-state index is 4.28. The second-order valence-corrected chi connectivity index (χ2v) is 4.69. The summed E-state index contributed by atoms with van der Waals surface area (Å²) in [5, 5.41) is 3.19. The molecule has 0 spiro atoms. The van der Waals surface area contributed by atoms with Crippen molar-refractivity contribution in [3.63, 3.8) is 0 Å². The van der Waals surface area contributed by atoms with Crippen LogP contribution >= 0.6 is 11.3 Å². The van der Waals surface area contributed by atoms with Crippen LogP contribution in [0, 0.1) is 0 Å². The molecule has 0 aliphatic rings. The molecule has 80 valence electrons. The Hall–Kier alpha value is -1.13. The smallest absolute Gasteiger partial charge is 0.107 e. The molecule has 2 heterocycles. The van der Waals surface area contributed by atoms with Gasteiger partial charge in [-0.2, -0.15) is 0 Å². The van der Waals surface area contributed by atoms with Gasteiger partial charge in [-0.15, -0.1) is 11.3 Å². The Morgan fingerprint density at radius 1 is 1.47 bits per heavy atom. The van der Waals surface area contributed by atoms with Gasteiger partial charge in [0.1, 0.15) is 5.01 Å². The van der Waals surface area contributed by atoms with Crippen LogP contribution < -0.4 is 0 Å². The highest BCUT2D eigenvalue weighted by Crippen LogP contribution is 2.10. The van der Waals surface area contributed by atoms with Crippen molar-refractivity contribution in [3.8, 4) is 0 Å². The minimum Gasteiger partial charge on any atom is -0.353 e. The van der Waals surface area contributed by atoms with Gasteiger partial charge in [0.15, 0.2) is 0 Å². The molecule has 0 fully saturated rings. The molecule has 0 unspecified atom stereocenters. The van der Waals surface area contributed by atoms with E-state index >= 15 is 0 Å². The van der Waals surface area contributed by atoms with Crippen molar-refractivity contribution in [1.29, 1.82) is 0 Å². The fraction of sp³-hybridized carbons (Fsp3) is 0.364. The predicted molar refractivity (Wildman–Crippen MR) is 62.7 cm³/mol. The van der Waals surface area contributed by atoms with Crippen LogP contribution in [0.25, 0.3) is 0 Å². The molecule has 0 aromatic carbocycles. The maximum absolute atomic E-state index is 4.28. The fourth-order valence-corrected chi connectivity index (χ4v) is 2.25. The molecule has 2 aromatic heterocycles. The number of rotatable bonds is 4. The molecule has 2 aromatic rings. The lowest BCUT2D eigenvalue weighted by Crippen LogP contribution is -2.18. The van der Waals surface area contributed by atoms with Gasteiger partial charge in [0, 0.05) is 37.1 Å². The Kier molecular flexibility index (Phi) is 3.18. The van der Waals surface area contributed by atoms with Crippen LogP contribution in [-0.4, -0.2) is 21.5 Å². The van der Waals surface area contributed by atoms with E-state index in [1.807, 2.05) is 11.6 Å². The van der Waals surface area contributed by atoms with Crippen LogP contribution in [0.3, 0.4) is 0 Å². The highest BCUT2D eigenvalue weighted by Gasteiger charge is 2.05. The molecule has 0 aliphatic carbocycles. The number of nitrogens with zero attached hydrogens (tertiary/aromatic N) is 3. The second kappa shape index (κ2) is 4.59. The van der Waals surface area contributed by atoms with Crippen LogP contribution in [0.2, 0.25) is 0 Å². The summed E-state index contributed by atoms with van der Waals surface area (Å²) in [4.78, 5) is 6.55. The predicted octanol–water partition coefficient (Wildman–Crippen LogP) is 2.11. The van der Waals surface area contributed by atoms with Gasteiger partial charge >= 0.3 is 0 Å². The van der Waals surface area contributed by atoms with Crippen molar-refractivity contribution in [2.45, 2.75) is 13.1 Å². The van der Waals surface area contributed by atoms with Gasteiger partial charge in [0.25, 0.3) is 0 Å². The third-order valence-corrected chi connectivity index (χ3v) is 3.14. The Morgan fingerprint density at radius 3 is 2.93 bits per heavy atom. The monoisotopic (exact) mass is 221 g/mol. The highest BCUT2D eigenvalue weighted by atomic mass is 32.1. The second-order valence-electron chi connectivity index (χ2n) is 3.71.